The molecule has 0 radical (unpaired) electrons. The van der Waals surface area contributed by atoms with Crippen LogP contribution in [0.2, 0.25) is 0 Å². The summed E-state index contributed by atoms with van der Waals surface area (Å²) in [6, 6.07) is 0. The summed E-state index contributed by atoms with van der Waals surface area (Å²) in [7, 11) is 0. The molecule has 0 bridgehead atoms. The van der Waals surface area contributed by atoms with Gasteiger partial charge in [0, 0.05) is 13.1 Å². The highest BCUT2D eigenvalue weighted by atomic mass is 127. The Morgan fingerprint density at radius 1 is 1.11 bits per heavy atom. The predicted molar refractivity (Wildman–Crippen MR) is 88.4 cm³/mol. The maximum atomic E-state index is 5.88. The van der Waals surface area contributed by atoms with Crippen LogP contribution in [0.1, 0.15) is 51.9 Å². The molecule has 0 aromatic carbocycles. The molecule has 106 valence electrons. The van der Waals surface area contributed by atoms with Gasteiger partial charge in [0.2, 0.25) is 0 Å². The van der Waals surface area contributed by atoms with Crippen molar-refractivity contribution in [2.45, 2.75) is 51.9 Å². The molecular formula is C14H28IN3. The van der Waals surface area contributed by atoms with Gasteiger partial charge < -0.3 is 11.1 Å². The minimum Gasteiger partial charge on any atom is -0.370 e. The molecule has 2 fully saturated rings. The first-order chi connectivity index (χ1) is 8.24. The standard InChI is InChI=1S/C14H27N3.HI/c1-11-5-7-13(8-6-11)10-17-14(15)16-9-12-3-2-4-12;/h11-13H,2-10H2,1H3,(H3,15,16,17);1H. The van der Waals surface area contributed by atoms with Gasteiger partial charge in [-0.05, 0) is 43.4 Å². The Morgan fingerprint density at radius 3 is 2.33 bits per heavy atom. The van der Waals surface area contributed by atoms with Gasteiger partial charge in [0.15, 0.2) is 5.96 Å². The molecule has 2 rings (SSSR count). The van der Waals surface area contributed by atoms with Gasteiger partial charge in [-0.2, -0.15) is 0 Å². The van der Waals surface area contributed by atoms with E-state index in [1.807, 2.05) is 0 Å². The lowest BCUT2D eigenvalue weighted by molar-refractivity contribution is 0.289. The predicted octanol–water partition coefficient (Wildman–Crippen LogP) is 3.14. The van der Waals surface area contributed by atoms with Gasteiger partial charge in [-0.1, -0.05) is 26.2 Å². The van der Waals surface area contributed by atoms with Crippen molar-refractivity contribution in [3.63, 3.8) is 0 Å². The molecule has 0 aromatic heterocycles. The second-order valence-electron chi connectivity index (χ2n) is 6.03. The van der Waals surface area contributed by atoms with Crippen molar-refractivity contribution in [2.75, 3.05) is 13.1 Å². The molecule has 0 aliphatic heterocycles. The molecule has 0 unspecified atom stereocenters. The molecule has 0 atom stereocenters. The highest BCUT2D eigenvalue weighted by molar-refractivity contribution is 14.0. The molecule has 3 nitrogen and oxygen atoms in total. The van der Waals surface area contributed by atoms with Crippen LogP contribution in [0.3, 0.4) is 0 Å². The zero-order valence-corrected chi connectivity index (χ0v) is 13.9. The van der Waals surface area contributed by atoms with Gasteiger partial charge in [-0.25, -0.2) is 0 Å². The Labute approximate surface area is 128 Å². The second-order valence-corrected chi connectivity index (χ2v) is 6.03. The van der Waals surface area contributed by atoms with Crippen molar-refractivity contribution in [3.05, 3.63) is 0 Å². The summed E-state index contributed by atoms with van der Waals surface area (Å²) in [6.07, 6.45) is 9.54. The summed E-state index contributed by atoms with van der Waals surface area (Å²) in [4.78, 5) is 4.43. The second kappa shape index (κ2) is 8.23. The third-order valence-corrected chi connectivity index (χ3v) is 4.45. The highest BCUT2D eigenvalue weighted by Gasteiger charge is 2.18. The first kappa shape index (κ1) is 16.1. The normalized spacial score (nSPS) is 29.3. The topological polar surface area (TPSA) is 50.4 Å². The number of nitrogens with one attached hydrogen (secondary N) is 1. The van der Waals surface area contributed by atoms with Crippen LogP contribution >= 0.6 is 24.0 Å². The molecular weight excluding hydrogens is 337 g/mol. The average molecular weight is 365 g/mol. The van der Waals surface area contributed by atoms with Gasteiger partial charge in [0.05, 0.1) is 0 Å². The Hall–Kier alpha value is 0. The minimum atomic E-state index is 0. The third kappa shape index (κ3) is 5.33. The lowest BCUT2D eigenvalue weighted by Crippen LogP contribution is -2.37. The van der Waals surface area contributed by atoms with Crippen LogP contribution in [0.5, 0.6) is 0 Å². The van der Waals surface area contributed by atoms with Crippen LogP contribution in [-0.4, -0.2) is 19.0 Å². The van der Waals surface area contributed by atoms with Crippen molar-refractivity contribution < 1.29 is 0 Å². The molecule has 3 N–H and O–H groups in total. The Bertz CT molecular complexity index is 256. The van der Waals surface area contributed by atoms with E-state index in [0.717, 1.165) is 30.8 Å². The SMILES string of the molecule is CC1CCC(CNC(N)=NCC2CCC2)CC1.I. The average Bonchev–Trinajstić information content (AvgIpc) is 2.26. The maximum absolute atomic E-state index is 5.88. The number of nitrogens with two attached hydrogens (primary N) is 1. The van der Waals surface area contributed by atoms with Crippen LogP contribution in [0.25, 0.3) is 0 Å². The van der Waals surface area contributed by atoms with Gasteiger partial charge in [-0.3, -0.25) is 4.99 Å². The molecule has 2 saturated carbocycles. The Kier molecular flexibility index (Phi) is 7.34. The molecule has 0 spiro atoms. The van der Waals surface area contributed by atoms with Gasteiger partial charge >= 0.3 is 0 Å². The van der Waals surface area contributed by atoms with Crippen LogP contribution in [0.4, 0.5) is 0 Å². The van der Waals surface area contributed by atoms with Crippen molar-refractivity contribution in [1.29, 1.82) is 0 Å². The van der Waals surface area contributed by atoms with E-state index in [1.165, 1.54) is 44.9 Å². The van der Waals surface area contributed by atoms with E-state index >= 15 is 0 Å². The number of rotatable bonds is 4. The first-order valence-electron chi connectivity index (χ1n) is 7.28. The van der Waals surface area contributed by atoms with Crippen LogP contribution in [-0.2, 0) is 0 Å². The smallest absolute Gasteiger partial charge is 0.188 e. The minimum absolute atomic E-state index is 0. The molecule has 2 aliphatic carbocycles. The van der Waals surface area contributed by atoms with Crippen LogP contribution in [0, 0.1) is 17.8 Å². The van der Waals surface area contributed by atoms with Gasteiger partial charge in [-0.15, -0.1) is 24.0 Å². The van der Waals surface area contributed by atoms with E-state index in [2.05, 4.69) is 17.2 Å². The van der Waals surface area contributed by atoms with E-state index in [1.54, 1.807) is 0 Å². The monoisotopic (exact) mass is 365 g/mol. The van der Waals surface area contributed by atoms with Crippen molar-refractivity contribution >= 4 is 29.9 Å². The molecule has 2 aliphatic rings. The summed E-state index contributed by atoms with van der Waals surface area (Å²) < 4.78 is 0. The van der Waals surface area contributed by atoms with E-state index < -0.39 is 0 Å². The molecule has 0 amide bonds. The molecule has 4 heteroatoms. The Morgan fingerprint density at radius 2 is 1.78 bits per heavy atom. The fourth-order valence-corrected chi connectivity index (χ4v) is 2.74. The summed E-state index contributed by atoms with van der Waals surface area (Å²) >= 11 is 0. The van der Waals surface area contributed by atoms with E-state index in [0.29, 0.717) is 5.96 Å². The van der Waals surface area contributed by atoms with Gasteiger partial charge in [0.25, 0.3) is 0 Å². The van der Waals surface area contributed by atoms with Crippen molar-refractivity contribution in [1.82, 2.24) is 5.32 Å². The largest absolute Gasteiger partial charge is 0.370 e. The van der Waals surface area contributed by atoms with Crippen molar-refractivity contribution in [3.8, 4) is 0 Å². The van der Waals surface area contributed by atoms with Gasteiger partial charge in [0.1, 0.15) is 0 Å². The summed E-state index contributed by atoms with van der Waals surface area (Å²) in [5.74, 6) is 3.21. The molecule has 18 heavy (non-hydrogen) atoms. The van der Waals surface area contributed by atoms with Crippen molar-refractivity contribution in [2.24, 2.45) is 28.5 Å². The Balaban J connectivity index is 0.00000162. The number of aliphatic imine (C=N–C) groups is 1. The maximum Gasteiger partial charge on any atom is 0.188 e. The zero-order valence-electron chi connectivity index (χ0n) is 11.5. The summed E-state index contributed by atoms with van der Waals surface area (Å²) in [5, 5.41) is 3.30. The molecule has 0 saturated heterocycles. The van der Waals surface area contributed by atoms with E-state index in [9.17, 15) is 0 Å². The number of guanidine groups is 1. The van der Waals surface area contributed by atoms with E-state index in [-0.39, 0.29) is 24.0 Å². The fraction of sp³-hybridized carbons (Fsp3) is 0.929. The quantitative estimate of drug-likeness (QED) is 0.457. The highest BCUT2D eigenvalue weighted by Crippen LogP contribution is 2.28. The fourth-order valence-electron chi connectivity index (χ4n) is 2.74. The van der Waals surface area contributed by atoms with E-state index in [4.69, 9.17) is 5.73 Å². The van der Waals surface area contributed by atoms with Crippen LogP contribution in [0.15, 0.2) is 4.99 Å². The number of halogens is 1. The summed E-state index contributed by atoms with van der Waals surface area (Å²) in [5.41, 5.74) is 5.88. The number of hydrogen-bond acceptors (Lipinski definition) is 1. The molecule has 0 aromatic rings. The lowest BCUT2D eigenvalue weighted by atomic mass is 9.83. The zero-order chi connectivity index (χ0) is 12.1. The first-order valence-corrected chi connectivity index (χ1v) is 7.28. The summed E-state index contributed by atoms with van der Waals surface area (Å²) in [6.45, 7) is 4.31. The third-order valence-electron chi connectivity index (χ3n) is 4.45. The lowest BCUT2D eigenvalue weighted by Gasteiger charge is -2.26. The number of nitrogens with zero attached hydrogens (tertiary/aromatic N) is 1. The van der Waals surface area contributed by atoms with Crippen LogP contribution < -0.4 is 11.1 Å². The molecule has 0 heterocycles. The number of hydrogen-bond donors (Lipinski definition) is 2.